The van der Waals surface area contributed by atoms with E-state index in [0.29, 0.717) is 13.0 Å². The summed E-state index contributed by atoms with van der Waals surface area (Å²) in [7, 11) is 4.08. The van der Waals surface area contributed by atoms with E-state index in [1.165, 1.54) is 4.88 Å². The number of pyridine rings is 1. The first-order chi connectivity index (χ1) is 13.1. The molecule has 3 aromatic rings. The van der Waals surface area contributed by atoms with Crippen molar-refractivity contribution in [2.45, 2.75) is 18.4 Å². The van der Waals surface area contributed by atoms with Crippen molar-refractivity contribution in [3.05, 3.63) is 88.4 Å². The van der Waals surface area contributed by atoms with E-state index in [2.05, 4.69) is 26.6 Å². The molecule has 1 N–H and O–H groups in total. The molecule has 140 valence electrons. The van der Waals surface area contributed by atoms with Crippen molar-refractivity contribution in [2.24, 2.45) is 0 Å². The SMILES string of the molecule is CN(C)C(CNC(=O)C(Cc1ccccn1)c1ccccc1)c1cccs1. The summed E-state index contributed by atoms with van der Waals surface area (Å²) in [6.07, 6.45) is 2.36. The number of hydrogen-bond donors (Lipinski definition) is 1. The van der Waals surface area contributed by atoms with Crippen LogP contribution in [0.1, 0.15) is 28.1 Å². The second-order valence-corrected chi connectivity index (χ2v) is 7.71. The van der Waals surface area contributed by atoms with Gasteiger partial charge in [0.15, 0.2) is 0 Å². The van der Waals surface area contributed by atoms with E-state index in [4.69, 9.17) is 0 Å². The first-order valence-electron chi connectivity index (χ1n) is 9.07. The molecule has 2 atom stereocenters. The number of hydrogen-bond acceptors (Lipinski definition) is 4. The predicted molar refractivity (Wildman–Crippen MR) is 111 cm³/mol. The molecule has 4 nitrogen and oxygen atoms in total. The van der Waals surface area contributed by atoms with Crippen LogP contribution in [0.5, 0.6) is 0 Å². The Labute approximate surface area is 164 Å². The zero-order chi connectivity index (χ0) is 19.1. The van der Waals surface area contributed by atoms with Crippen molar-refractivity contribution in [1.29, 1.82) is 0 Å². The molecule has 2 heterocycles. The lowest BCUT2D eigenvalue weighted by Crippen LogP contribution is -2.37. The molecule has 0 fully saturated rings. The smallest absolute Gasteiger partial charge is 0.228 e. The topological polar surface area (TPSA) is 45.2 Å². The Kier molecular flexibility index (Phi) is 6.74. The summed E-state index contributed by atoms with van der Waals surface area (Å²) in [6.45, 7) is 0.581. The number of rotatable bonds is 8. The number of thiophene rings is 1. The Balaban J connectivity index is 1.74. The third-order valence-corrected chi connectivity index (χ3v) is 5.60. The normalized spacial score (nSPS) is 13.3. The molecule has 0 aliphatic rings. The van der Waals surface area contributed by atoms with E-state index in [-0.39, 0.29) is 17.9 Å². The molecule has 27 heavy (non-hydrogen) atoms. The highest BCUT2D eigenvalue weighted by molar-refractivity contribution is 7.10. The molecule has 0 bridgehead atoms. The quantitative estimate of drug-likeness (QED) is 0.646. The first-order valence-corrected chi connectivity index (χ1v) is 9.95. The zero-order valence-corrected chi connectivity index (χ0v) is 16.5. The highest BCUT2D eigenvalue weighted by atomic mass is 32.1. The third kappa shape index (κ3) is 5.25. The molecule has 1 amide bonds. The molecule has 0 spiro atoms. The number of likely N-dealkylation sites (N-methyl/N-ethyl adjacent to an activating group) is 1. The van der Waals surface area contributed by atoms with Gasteiger partial charge in [0.2, 0.25) is 5.91 Å². The van der Waals surface area contributed by atoms with Gasteiger partial charge < -0.3 is 10.2 Å². The van der Waals surface area contributed by atoms with Crippen molar-refractivity contribution < 1.29 is 4.79 Å². The summed E-state index contributed by atoms with van der Waals surface area (Å²) in [4.78, 5) is 20.9. The van der Waals surface area contributed by atoms with E-state index < -0.39 is 0 Å². The minimum Gasteiger partial charge on any atom is -0.354 e. The second-order valence-electron chi connectivity index (χ2n) is 6.73. The van der Waals surface area contributed by atoms with Gasteiger partial charge >= 0.3 is 0 Å². The van der Waals surface area contributed by atoms with Crippen LogP contribution in [-0.2, 0) is 11.2 Å². The monoisotopic (exact) mass is 379 g/mol. The molecule has 2 unspecified atom stereocenters. The summed E-state index contributed by atoms with van der Waals surface area (Å²) in [5.41, 5.74) is 1.93. The van der Waals surface area contributed by atoms with E-state index in [0.717, 1.165) is 11.3 Å². The lowest BCUT2D eigenvalue weighted by atomic mass is 9.93. The van der Waals surface area contributed by atoms with Crippen LogP contribution in [0.3, 0.4) is 0 Å². The van der Waals surface area contributed by atoms with Crippen molar-refractivity contribution >= 4 is 17.2 Å². The highest BCUT2D eigenvalue weighted by Gasteiger charge is 2.23. The van der Waals surface area contributed by atoms with Gasteiger partial charge in [0.1, 0.15) is 0 Å². The Morgan fingerprint density at radius 1 is 1.07 bits per heavy atom. The van der Waals surface area contributed by atoms with E-state index in [9.17, 15) is 4.79 Å². The molecule has 3 rings (SSSR count). The molecular formula is C22H25N3OS. The van der Waals surface area contributed by atoms with Crippen LogP contribution >= 0.6 is 11.3 Å². The van der Waals surface area contributed by atoms with Gasteiger partial charge in [-0.05, 0) is 43.2 Å². The minimum atomic E-state index is -0.257. The maximum absolute atomic E-state index is 13.1. The van der Waals surface area contributed by atoms with Crippen LogP contribution in [0.4, 0.5) is 0 Å². The number of aromatic nitrogens is 1. The van der Waals surface area contributed by atoms with Gasteiger partial charge in [-0.3, -0.25) is 9.78 Å². The zero-order valence-electron chi connectivity index (χ0n) is 15.7. The molecule has 0 radical (unpaired) electrons. The van der Waals surface area contributed by atoms with Crippen LogP contribution in [0, 0.1) is 0 Å². The number of nitrogens with one attached hydrogen (secondary N) is 1. The summed E-state index contributed by atoms with van der Waals surface area (Å²) >= 11 is 1.72. The number of nitrogens with zero attached hydrogens (tertiary/aromatic N) is 2. The number of carbonyl (C=O) groups excluding carboxylic acids is 1. The summed E-state index contributed by atoms with van der Waals surface area (Å²) in [5, 5.41) is 5.24. The largest absolute Gasteiger partial charge is 0.354 e. The highest BCUT2D eigenvalue weighted by Crippen LogP contribution is 2.24. The Hall–Kier alpha value is -2.50. The summed E-state index contributed by atoms with van der Waals surface area (Å²) in [5.74, 6) is -0.220. The second kappa shape index (κ2) is 9.44. The fourth-order valence-electron chi connectivity index (χ4n) is 3.11. The van der Waals surface area contributed by atoms with Gasteiger partial charge in [0, 0.05) is 29.7 Å². The van der Waals surface area contributed by atoms with Crippen molar-refractivity contribution in [3.8, 4) is 0 Å². The van der Waals surface area contributed by atoms with Gasteiger partial charge in [-0.15, -0.1) is 11.3 Å². The lowest BCUT2D eigenvalue weighted by molar-refractivity contribution is -0.122. The summed E-state index contributed by atoms with van der Waals surface area (Å²) in [6, 6.07) is 20.1. The van der Waals surface area contributed by atoms with Crippen LogP contribution in [0.15, 0.2) is 72.2 Å². The molecular weight excluding hydrogens is 354 g/mol. The molecule has 0 saturated heterocycles. The fourth-order valence-corrected chi connectivity index (χ4v) is 4.04. The molecule has 0 aliphatic carbocycles. The van der Waals surface area contributed by atoms with Crippen LogP contribution in [0.25, 0.3) is 0 Å². The van der Waals surface area contributed by atoms with Gasteiger partial charge in [-0.2, -0.15) is 0 Å². The average molecular weight is 380 g/mol. The third-order valence-electron chi connectivity index (χ3n) is 4.62. The molecule has 2 aromatic heterocycles. The van der Waals surface area contributed by atoms with Crippen LogP contribution in [-0.4, -0.2) is 36.4 Å². The van der Waals surface area contributed by atoms with Crippen LogP contribution < -0.4 is 5.32 Å². The lowest BCUT2D eigenvalue weighted by Gasteiger charge is -2.25. The van der Waals surface area contributed by atoms with Crippen molar-refractivity contribution in [3.63, 3.8) is 0 Å². The van der Waals surface area contributed by atoms with E-state index >= 15 is 0 Å². The molecule has 0 aliphatic heterocycles. The van der Waals surface area contributed by atoms with Gasteiger partial charge in [-0.1, -0.05) is 42.5 Å². The average Bonchev–Trinajstić information content (AvgIpc) is 3.22. The van der Waals surface area contributed by atoms with Gasteiger partial charge in [0.05, 0.1) is 12.0 Å². The first kappa shape index (κ1) is 19.3. The molecule has 1 aromatic carbocycles. The Bertz CT molecular complexity index is 819. The molecule has 0 saturated carbocycles. The van der Waals surface area contributed by atoms with Gasteiger partial charge in [-0.25, -0.2) is 0 Å². The van der Waals surface area contributed by atoms with Crippen LogP contribution in [0.2, 0.25) is 0 Å². The van der Waals surface area contributed by atoms with E-state index in [1.807, 2.05) is 68.7 Å². The minimum absolute atomic E-state index is 0.0373. The number of benzene rings is 1. The predicted octanol–water partition coefficient (Wildman–Crippen LogP) is 3.89. The van der Waals surface area contributed by atoms with Gasteiger partial charge in [0.25, 0.3) is 0 Å². The Morgan fingerprint density at radius 2 is 1.85 bits per heavy atom. The Morgan fingerprint density at radius 3 is 2.48 bits per heavy atom. The standard InChI is InChI=1S/C22H25N3OS/c1-25(2)20(21-12-8-14-27-21)16-24-22(26)19(17-9-4-3-5-10-17)15-18-11-6-7-13-23-18/h3-14,19-20H,15-16H2,1-2H3,(H,24,26). The van der Waals surface area contributed by atoms with E-state index in [1.54, 1.807) is 17.5 Å². The van der Waals surface area contributed by atoms with Crippen molar-refractivity contribution in [2.75, 3.05) is 20.6 Å². The molecule has 5 heteroatoms. The fraction of sp³-hybridized carbons (Fsp3) is 0.273. The maximum atomic E-state index is 13.1. The maximum Gasteiger partial charge on any atom is 0.228 e. The van der Waals surface area contributed by atoms with Crippen molar-refractivity contribution in [1.82, 2.24) is 15.2 Å². The number of amides is 1. The summed E-state index contributed by atoms with van der Waals surface area (Å²) < 4.78 is 0. The number of carbonyl (C=O) groups is 1.